The fourth-order valence-electron chi connectivity index (χ4n) is 3.40. The molecule has 1 aromatic rings. The van der Waals surface area contributed by atoms with Crippen molar-refractivity contribution in [1.82, 2.24) is 9.80 Å². The Morgan fingerprint density at radius 3 is 2.67 bits per heavy atom. The first-order valence-electron chi connectivity index (χ1n) is 8.56. The number of aryl methyl sites for hydroxylation is 1. The van der Waals surface area contributed by atoms with Crippen molar-refractivity contribution in [2.24, 2.45) is 0 Å². The highest BCUT2D eigenvalue weighted by molar-refractivity contribution is 6.31. The Labute approximate surface area is 147 Å². The van der Waals surface area contributed by atoms with Crippen molar-refractivity contribution in [2.45, 2.75) is 31.7 Å². The number of ether oxygens (including phenoxy) is 1. The first-order valence-corrected chi connectivity index (χ1v) is 8.94. The van der Waals surface area contributed by atoms with Crippen LogP contribution in [0.15, 0.2) is 24.3 Å². The molecular weight excluding hydrogens is 328 g/mol. The zero-order valence-electron chi connectivity index (χ0n) is 13.7. The molecular formula is C18H23ClN2O3. The van der Waals surface area contributed by atoms with Crippen molar-refractivity contribution in [2.75, 3.05) is 32.8 Å². The van der Waals surface area contributed by atoms with E-state index in [1.807, 2.05) is 29.2 Å². The van der Waals surface area contributed by atoms with Crippen LogP contribution in [-0.2, 0) is 20.7 Å². The van der Waals surface area contributed by atoms with Crippen molar-refractivity contribution in [3.63, 3.8) is 0 Å². The lowest BCUT2D eigenvalue weighted by Crippen LogP contribution is -2.51. The molecule has 0 aliphatic carbocycles. The molecule has 5 nitrogen and oxygen atoms in total. The van der Waals surface area contributed by atoms with Crippen molar-refractivity contribution in [3.05, 3.63) is 34.9 Å². The van der Waals surface area contributed by atoms with Gasteiger partial charge in [-0.05, 0) is 30.9 Å². The van der Waals surface area contributed by atoms with E-state index < -0.39 is 0 Å². The van der Waals surface area contributed by atoms with Crippen molar-refractivity contribution < 1.29 is 14.3 Å². The van der Waals surface area contributed by atoms with E-state index in [2.05, 4.69) is 0 Å². The maximum Gasteiger partial charge on any atom is 0.245 e. The van der Waals surface area contributed by atoms with Gasteiger partial charge in [-0.1, -0.05) is 29.8 Å². The second-order valence-corrected chi connectivity index (χ2v) is 6.68. The largest absolute Gasteiger partial charge is 0.378 e. The highest BCUT2D eigenvalue weighted by Gasteiger charge is 2.36. The van der Waals surface area contributed by atoms with Crippen molar-refractivity contribution in [3.8, 4) is 0 Å². The minimum Gasteiger partial charge on any atom is -0.378 e. The molecule has 1 unspecified atom stereocenters. The van der Waals surface area contributed by atoms with Gasteiger partial charge >= 0.3 is 0 Å². The first kappa shape index (κ1) is 17.2. The molecule has 0 spiro atoms. The fraction of sp³-hybridized carbons (Fsp3) is 0.556. The Kier molecular flexibility index (Phi) is 5.74. The third-order valence-corrected chi connectivity index (χ3v) is 5.12. The van der Waals surface area contributed by atoms with Crippen LogP contribution in [0.4, 0.5) is 0 Å². The molecule has 1 atom stereocenters. The Balaban J connectivity index is 1.59. The number of rotatable bonds is 4. The van der Waals surface area contributed by atoms with Gasteiger partial charge in [0, 0.05) is 31.1 Å². The molecule has 0 saturated carbocycles. The minimum atomic E-state index is -0.304. The zero-order valence-corrected chi connectivity index (χ0v) is 14.5. The van der Waals surface area contributed by atoms with Crippen molar-refractivity contribution in [1.29, 1.82) is 0 Å². The molecule has 2 saturated heterocycles. The lowest BCUT2D eigenvalue weighted by Gasteiger charge is -2.32. The molecule has 2 heterocycles. The summed E-state index contributed by atoms with van der Waals surface area (Å²) in [6, 6.07) is 7.27. The smallest absolute Gasteiger partial charge is 0.245 e. The number of halogens is 1. The molecule has 6 heteroatoms. The monoisotopic (exact) mass is 350 g/mol. The van der Waals surface area contributed by atoms with E-state index in [1.165, 1.54) is 0 Å². The number of nitrogens with zero attached hydrogens (tertiary/aromatic N) is 2. The van der Waals surface area contributed by atoms with Crippen LogP contribution in [0.1, 0.15) is 24.8 Å². The van der Waals surface area contributed by atoms with E-state index >= 15 is 0 Å². The second-order valence-electron chi connectivity index (χ2n) is 6.27. The number of likely N-dealkylation sites (tertiary alicyclic amines) is 1. The number of carbonyl (C=O) groups is 2. The van der Waals surface area contributed by atoms with Crippen LogP contribution >= 0.6 is 11.6 Å². The van der Waals surface area contributed by atoms with Crippen LogP contribution in [0, 0.1) is 0 Å². The van der Waals surface area contributed by atoms with Gasteiger partial charge in [0.15, 0.2) is 0 Å². The average Bonchev–Trinajstić information content (AvgIpc) is 3.10. The van der Waals surface area contributed by atoms with Crippen LogP contribution in [-0.4, -0.2) is 60.5 Å². The molecule has 2 amide bonds. The van der Waals surface area contributed by atoms with Crippen LogP contribution in [0.5, 0.6) is 0 Å². The molecule has 0 N–H and O–H groups in total. The maximum atomic E-state index is 12.7. The fourth-order valence-corrected chi connectivity index (χ4v) is 3.63. The van der Waals surface area contributed by atoms with E-state index in [-0.39, 0.29) is 17.9 Å². The van der Waals surface area contributed by atoms with Gasteiger partial charge in [0.1, 0.15) is 6.04 Å². The maximum absolute atomic E-state index is 12.7. The normalized spacial score (nSPS) is 21.1. The Hall–Kier alpha value is -1.59. The number of hydrogen-bond donors (Lipinski definition) is 0. The SMILES string of the molecule is O=C(C1CCCN1C(=O)CCc1ccccc1Cl)N1CCOCC1. The van der Waals surface area contributed by atoms with E-state index in [4.69, 9.17) is 16.3 Å². The summed E-state index contributed by atoms with van der Waals surface area (Å²) >= 11 is 6.15. The van der Waals surface area contributed by atoms with E-state index in [0.717, 1.165) is 18.4 Å². The van der Waals surface area contributed by atoms with E-state index in [1.54, 1.807) is 4.90 Å². The Morgan fingerprint density at radius 1 is 1.17 bits per heavy atom. The van der Waals surface area contributed by atoms with E-state index in [9.17, 15) is 9.59 Å². The summed E-state index contributed by atoms with van der Waals surface area (Å²) in [6.07, 6.45) is 2.64. The molecule has 3 rings (SSSR count). The van der Waals surface area contributed by atoms with Crippen LogP contribution in [0.2, 0.25) is 5.02 Å². The number of hydrogen-bond acceptors (Lipinski definition) is 3. The summed E-state index contributed by atoms with van der Waals surface area (Å²) < 4.78 is 5.30. The number of carbonyl (C=O) groups excluding carboxylic acids is 2. The summed E-state index contributed by atoms with van der Waals surface area (Å²) in [7, 11) is 0. The number of amides is 2. The molecule has 130 valence electrons. The molecule has 1 aromatic carbocycles. The summed E-state index contributed by atoms with van der Waals surface area (Å²) in [5.41, 5.74) is 0.975. The quantitative estimate of drug-likeness (QED) is 0.835. The van der Waals surface area contributed by atoms with Gasteiger partial charge in [0.2, 0.25) is 11.8 Å². The molecule has 2 aliphatic rings. The van der Waals surface area contributed by atoms with Gasteiger partial charge < -0.3 is 14.5 Å². The van der Waals surface area contributed by atoms with Gasteiger partial charge in [-0.2, -0.15) is 0 Å². The Bertz CT molecular complexity index is 602. The van der Waals surface area contributed by atoms with Gasteiger partial charge in [0.25, 0.3) is 0 Å². The summed E-state index contributed by atoms with van der Waals surface area (Å²) in [5.74, 6) is 0.112. The first-order chi connectivity index (χ1) is 11.7. The highest BCUT2D eigenvalue weighted by Crippen LogP contribution is 2.23. The summed E-state index contributed by atoms with van der Waals surface area (Å²) in [4.78, 5) is 28.9. The van der Waals surface area contributed by atoms with Gasteiger partial charge in [-0.3, -0.25) is 9.59 Å². The van der Waals surface area contributed by atoms with Gasteiger partial charge in [-0.25, -0.2) is 0 Å². The molecule has 2 fully saturated rings. The summed E-state index contributed by atoms with van der Waals surface area (Å²) in [6.45, 7) is 3.08. The number of morpholine rings is 1. The zero-order chi connectivity index (χ0) is 16.9. The third-order valence-electron chi connectivity index (χ3n) is 4.75. The van der Waals surface area contributed by atoms with Crippen molar-refractivity contribution >= 4 is 23.4 Å². The summed E-state index contributed by atoms with van der Waals surface area (Å²) in [5, 5.41) is 0.688. The molecule has 24 heavy (non-hydrogen) atoms. The molecule has 2 aliphatic heterocycles. The van der Waals surface area contributed by atoms with Crippen LogP contribution in [0.25, 0.3) is 0 Å². The standard InChI is InChI=1S/C18H23ClN2O3/c19-15-5-2-1-4-14(15)7-8-17(22)21-9-3-6-16(21)18(23)20-10-12-24-13-11-20/h1-2,4-5,16H,3,6-13H2. The van der Waals surface area contributed by atoms with Crippen LogP contribution in [0.3, 0.4) is 0 Å². The third kappa shape index (κ3) is 3.90. The Morgan fingerprint density at radius 2 is 1.92 bits per heavy atom. The van der Waals surface area contributed by atoms with Crippen LogP contribution < -0.4 is 0 Å². The average molecular weight is 351 g/mol. The lowest BCUT2D eigenvalue weighted by molar-refractivity contribution is -0.146. The lowest BCUT2D eigenvalue weighted by atomic mass is 10.1. The predicted molar refractivity (Wildman–Crippen MR) is 91.9 cm³/mol. The molecule has 0 bridgehead atoms. The molecule has 0 radical (unpaired) electrons. The second kappa shape index (κ2) is 7.99. The predicted octanol–water partition coefficient (Wildman–Crippen LogP) is 2.12. The van der Waals surface area contributed by atoms with E-state index in [0.29, 0.717) is 50.7 Å². The topological polar surface area (TPSA) is 49.9 Å². The van der Waals surface area contributed by atoms with Gasteiger partial charge in [-0.15, -0.1) is 0 Å². The van der Waals surface area contributed by atoms with Gasteiger partial charge in [0.05, 0.1) is 13.2 Å². The minimum absolute atomic E-state index is 0.0408. The number of benzene rings is 1. The molecule has 0 aromatic heterocycles. The highest BCUT2D eigenvalue weighted by atomic mass is 35.5.